The standard InChI is InChI=1S/C14H24O2/c1-2-3-4-5-6-7-8-9-13-10-11-14(12-15)16-13/h10-11,15H,2-9,12H2,1H3. The quantitative estimate of drug-likeness (QED) is 0.641. The third-order valence-electron chi connectivity index (χ3n) is 2.90. The minimum Gasteiger partial charge on any atom is -0.464 e. The molecule has 16 heavy (non-hydrogen) atoms. The zero-order chi connectivity index (χ0) is 11.6. The monoisotopic (exact) mass is 224 g/mol. The van der Waals surface area contributed by atoms with E-state index >= 15 is 0 Å². The molecule has 0 bridgehead atoms. The lowest BCUT2D eigenvalue weighted by Crippen LogP contribution is -1.84. The third kappa shape index (κ3) is 5.36. The average Bonchev–Trinajstić information content (AvgIpc) is 2.76. The van der Waals surface area contributed by atoms with Crippen LogP contribution >= 0.6 is 0 Å². The van der Waals surface area contributed by atoms with Crippen LogP contribution in [-0.4, -0.2) is 5.11 Å². The summed E-state index contributed by atoms with van der Waals surface area (Å²) in [4.78, 5) is 0. The number of hydrogen-bond acceptors (Lipinski definition) is 2. The molecule has 92 valence electrons. The van der Waals surface area contributed by atoms with Crippen molar-refractivity contribution in [1.29, 1.82) is 0 Å². The van der Waals surface area contributed by atoms with E-state index < -0.39 is 0 Å². The first-order valence-electron chi connectivity index (χ1n) is 6.55. The molecule has 0 fully saturated rings. The Morgan fingerprint density at radius 2 is 1.56 bits per heavy atom. The predicted molar refractivity (Wildman–Crippen MR) is 66.3 cm³/mol. The highest BCUT2D eigenvalue weighted by Gasteiger charge is 2.00. The summed E-state index contributed by atoms with van der Waals surface area (Å²) in [5.41, 5.74) is 0. The molecule has 0 spiro atoms. The minimum atomic E-state index is 0.0109. The van der Waals surface area contributed by atoms with Crippen molar-refractivity contribution in [2.45, 2.75) is 64.9 Å². The van der Waals surface area contributed by atoms with E-state index in [2.05, 4.69) is 6.92 Å². The normalized spacial score (nSPS) is 10.9. The van der Waals surface area contributed by atoms with Gasteiger partial charge in [-0.05, 0) is 18.6 Å². The van der Waals surface area contributed by atoms with Crippen molar-refractivity contribution in [2.24, 2.45) is 0 Å². The van der Waals surface area contributed by atoms with Crippen LogP contribution in [0.5, 0.6) is 0 Å². The first kappa shape index (κ1) is 13.3. The summed E-state index contributed by atoms with van der Waals surface area (Å²) in [7, 11) is 0. The maximum atomic E-state index is 8.85. The maximum Gasteiger partial charge on any atom is 0.129 e. The number of hydrogen-bond donors (Lipinski definition) is 1. The van der Waals surface area contributed by atoms with Crippen LogP contribution in [0.1, 0.15) is 63.4 Å². The molecule has 0 amide bonds. The van der Waals surface area contributed by atoms with Crippen LogP contribution in [0.2, 0.25) is 0 Å². The summed E-state index contributed by atoms with van der Waals surface area (Å²) in [5, 5.41) is 8.85. The molecule has 0 unspecified atom stereocenters. The van der Waals surface area contributed by atoms with E-state index in [1.165, 1.54) is 44.9 Å². The van der Waals surface area contributed by atoms with Crippen LogP contribution in [0.4, 0.5) is 0 Å². The zero-order valence-corrected chi connectivity index (χ0v) is 10.4. The first-order valence-corrected chi connectivity index (χ1v) is 6.55. The summed E-state index contributed by atoms with van der Waals surface area (Å²) in [6.07, 6.45) is 10.3. The molecular weight excluding hydrogens is 200 g/mol. The molecule has 1 N–H and O–H groups in total. The van der Waals surface area contributed by atoms with E-state index in [9.17, 15) is 0 Å². The van der Waals surface area contributed by atoms with Gasteiger partial charge in [-0.3, -0.25) is 0 Å². The van der Waals surface area contributed by atoms with Gasteiger partial charge in [0.05, 0.1) is 0 Å². The van der Waals surface area contributed by atoms with Gasteiger partial charge in [-0.2, -0.15) is 0 Å². The Hall–Kier alpha value is -0.760. The van der Waals surface area contributed by atoms with Gasteiger partial charge in [-0.1, -0.05) is 45.4 Å². The van der Waals surface area contributed by atoms with Gasteiger partial charge in [0.25, 0.3) is 0 Å². The number of aliphatic hydroxyl groups is 1. The molecule has 1 aromatic heterocycles. The van der Waals surface area contributed by atoms with E-state index in [0.29, 0.717) is 5.76 Å². The number of rotatable bonds is 9. The molecule has 0 saturated heterocycles. The van der Waals surface area contributed by atoms with Gasteiger partial charge in [0, 0.05) is 6.42 Å². The molecular formula is C14H24O2. The molecule has 0 saturated carbocycles. The second-order valence-corrected chi connectivity index (χ2v) is 4.40. The van der Waals surface area contributed by atoms with Gasteiger partial charge >= 0.3 is 0 Å². The molecule has 0 aliphatic rings. The molecule has 0 aliphatic carbocycles. The summed E-state index contributed by atoms with van der Waals surface area (Å²) in [6.45, 7) is 2.26. The van der Waals surface area contributed by atoms with Gasteiger partial charge in [0.1, 0.15) is 18.1 Å². The highest BCUT2D eigenvalue weighted by atomic mass is 16.4. The number of furan rings is 1. The second-order valence-electron chi connectivity index (χ2n) is 4.40. The molecule has 1 rings (SSSR count). The van der Waals surface area contributed by atoms with Gasteiger partial charge < -0.3 is 9.52 Å². The highest BCUT2D eigenvalue weighted by Crippen LogP contribution is 2.13. The lowest BCUT2D eigenvalue weighted by Gasteiger charge is -1.99. The van der Waals surface area contributed by atoms with Crippen molar-refractivity contribution in [2.75, 3.05) is 0 Å². The van der Waals surface area contributed by atoms with Gasteiger partial charge in [-0.25, -0.2) is 0 Å². The van der Waals surface area contributed by atoms with Crippen molar-refractivity contribution in [3.05, 3.63) is 23.7 Å². The van der Waals surface area contributed by atoms with Gasteiger partial charge in [-0.15, -0.1) is 0 Å². The van der Waals surface area contributed by atoms with Crippen molar-refractivity contribution in [3.8, 4) is 0 Å². The van der Waals surface area contributed by atoms with Crippen LogP contribution in [-0.2, 0) is 13.0 Å². The molecule has 0 aliphatic heterocycles. The van der Waals surface area contributed by atoms with Crippen molar-refractivity contribution < 1.29 is 9.52 Å². The number of aryl methyl sites for hydroxylation is 1. The topological polar surface area (TPSA) is 33.4 Å². The Morgan fingerprint density at radius 3 is 2.19 bits per heavy atom. The fraction of sp³-hybridized carbons (Fsp3) is 0.714. The predicted octanol–water partition coefficient (Wildman–Crippen LogP) is 4.07. The molecule has 0 radical (unpaired) electrons. The van der Waals surface area contributed by atoms with Crippen LogP contribution < -0.4 is 0 Å². The lowest BCUT2D eigenvalue weighted by atomic mass is 10.1. The van der Waals surface area contributed by atoms with Crippen LogP contribution in [0.15, 0.2) is 16.5 Å². The van der Waals surface area contributed by atoms with E-state index in [1.807, 2.05) is 12.1 Å². The Bertz CT molecular complexity index is 265. The van der Waals surface area contributed by atoms with Crippen LogP contribution in [0.3, 0.4) is 0 Å². The van der Waals surface area contributed by atoms with Crippen molar-refractivity contribution in [1.82, 2.24) is 0 Å². The maximum absolute atomic E-state index is 8.85. The molecule has 2 heteroatoms. The largest absolute Gasteiger partial charge is 0.464 e. The van der Waals surface area contributed by atoms with Crippen molar-refractivity contribution in [3.63, 3.8) is 0 Å². The molecule has 0 aromatic carbocycles. The fourth-order valence-electron chi connectivity index (χ4n) is 1.90. The second kappa shape index (κ2) is 8.40. The van der Waals surface area contributed by atoms with Gasteiger partial charge in [0.15, 0.2) is 0 Å². The molecule has 1 aromatic rings. The van der Waals surface area contributed by atoms with Crippen LogP contribution in [0.25, 0.3) is 0 Å². The molecule has 1 heterocycles. The summed E-state index contributed by atoms with van der Waals surface area (Å²) < 4.78 is 5.43. The fourth-order valence-corrected chi connectivity index (χ4v) is 1.90. The minimum absolute atomic E-state index is 0.0109. The lowest BCUT2D eigenvalue weighted by molar-refractivity contribution is 0.243. The third-order valence-corrected chi connectivity index (χ3v) is 2.90. The number of aliphatic hydroxyl groups excluding tert-OH is 1. The van der Waals surface area contributed by atoms with E-state index in [4.69, 9.17) is 9.52 Å². The summed E-state index contributed by atoms with van der Waals surface area (Å²) in [5.74, 6) is 1.69. The smallest absolute Gasteiger partial charge is 0.129 e. The Labute approximate surface area is 98.7 Å². The van der Waals surface area contributed by atoms with E-state index in [-0.39, 0.29) is 6.61 Å². The van der Waals surface area contributed by atoms with Crippen LogP contribution in [0, 0.1) is 0 Å². The van der Waals surface area contributed by atoms with Crippen molar-refractivity contribution >= 4 is 0 Å². The SMILES string of the molecule is CCCCCCCCCc1ccc(CO)o1. The Morgan fingerprint density at radius 1 is 0.938 bits per heavy atom. The molecule has 2 nitrogen and oxygen atoms in total. The average molecular weight is 224 g/mol. The zero-order valence-electron chi connectivity index (χ0n) is 10.4. The van der Waals surface area contributed by atoms with E-state index in [1.54, 1.807) is 0 Å². The van der Waals surface area contributed by atoms with Gasteiger partial charge in [0.2, 0.25) is 0 Å². The summed E-state index contributed by atoms with van der Waals surface area (Å²) >= 11 is 0. The molecule has 0 atom stereocenters. The van der Waals surface area contributed by atoms with E-state index in [0.717, 1.165) is 12.2 Å². The number of unbranched alkanes of at least 4 members (excludes halogenated alkanes) is 6. The Balaban J connectivity index is 1.98. The Kier molecular flexibility index (Phi) is 6.98. The first-order chi connectivity index (χ1) is 7.86. The highest BCUT2D eigenvalue weighted by molar-refractivity contribution is 5.06. The summed E-state index contributed by atoms with van der Waals surface area (Å²) in [6, 6.07) is 3.83.